The highest BCUT2D eigenvalue weighted by atomic mass is 19.4. The average Bonchev–Trinajstić information content (AvgIpc) is 2.71. The van der Waals surface area contributed by atoms with Gasteiger partial charge in [0, 0.05) is 30.6 Å². The zero-order chi connectivity index (χ0) is 25.7. The van der Waals surface area contributed by atoms with Crippen LogP contribution in [0.3, 0.4) is 0 Å². The van der Waals surface area contributed by atoms with Crippen molar-refractivity contribution in [1.82, 2.24) is 4.98 Å². The molecule has 0 saturated carbocycles. The maximum atomic E-state index is 14.2. The number of hydrogen-bond acceptors (Lipinski definition) is 4. The number of halogens is 7. The molecule has 0 aliphatic carbocycles. The second kappa shape index (κ2) is 10.6. The first kappa shape index (κ1) is 26.7. The predicted octanol–water partition coefficient (Wildman–Crippen LogP) is 6.43. The lowest BCUT2D eigenvalue weighted by Crippen LogP contribution is -2.19. The van der Waals surface area contributed by atoms with Crippen molar-refractivity contribution in [3.63, 3.8) is 0 Å². The van der Waals surface area contributed by atoms with Gasteiger partial charge in [-0.15, -0.1) is 13.2 Å². The monoisotopic (exact) mass is 492 g/mol. The fourth-order valence-electron chi connectivity index (χ4n) is 2.84. The summed E-state index contributed by atoms with van der Waals surface area (Å²) in [6.07, 6.45) is -5.04. The lowest BCUT2D eigenvalue weighted by Gasteiger charge is -2.24. The van der Waals surface area contributed by atoms with Crippen molar-refractivity contribution in [2.24, 2.45) is 0 Å². The number of carbonyl (C=O) groups is 1. The molecule has 5 nitrogen and oxygen atoms in total. The van der Waals surface area contributed by atoms with E-state index in [0.29, 0.717) is 31.2 Å². The van der Waals surface area contributed by atoms with Crippen LogP contribution in [0.25, 0.3) is 5.70 Å². The summed E-state index contributed by atoms with van der Waals surface area (Å²) in [6.45, 7) is 1.77. The molecular weight excluding hydrogens is 473 g/mol. The number of nitrogens with zero attached hydrogens (tertiary/aromatic N) is 2. The number of unbranched alkanes of at least 4 members (excludes halogenated alkanes) is 1. The first-order chi connectivity index (χ1) is 15.7. The maximum absolute atomic E-state index is 14.2. The quantitative estimate of drug-likeness (QED) is 0.262. The molecule has 1 aromatic heterocycles. The van der Waals surface area contributed by atoms with Gasteiger partial charge in [-0.1, -0.05) is 19.4 Å². The number of carboxylic acid groups (broad SMARTS) is 1. The minimum absolute atomic E-state index is 0.177. The minimum Gasteiger partial charge on any atom is -0.478 e. The molecule has 0 amide bonds. The van der Waals surface area contributed by atoms with Crippen molar-refractivity contribution >= 4 is 17.4 Å². The molecule has 12 heteroatoms. The van der Waals surface area contributed by atoms with Gasteiger partial charge in [0.2, 0.25) is 0 Å². The predicted molar refractivity (Wildman–Crippen MR) is 109 cm³/mol. The van der Waals surface area contributed by atoms with Crippen LogP contribution in [-0.2, 0) is 11.0 Å². The summed E-state index contributed by atoms with van der Waals surface area (Å²) >= 11 is 0. The Balaban J connectivity index is 2.71. The SMILES string of the molecule is CCC/C=C(/C=C(/c1cc(F)cc(OC(F)(F)F)c1)N(C)c1cncc(C(F)(F)F)c1)C(=O)O. The molecule has 0 bridgehead atoms. The summed E-state index contributed by atoms with van der Waals surface area (Å²) in [4.78, 5) is 16.3. The van der Waals surface area contributed by atoms with Crippen LogP contribution >= 0.6 is 0 Å². The first-order valence-corrected chi connectivity index (χ1v) is 9.69. The zero-order valence-corrected chi connectivity index (χ0v) is 17.8. The summed E-state index contributed by atoms with van der Waals surface area (Å²) in [7, 11) is 1.23. The lowest BCUT2D eigenvalue weighted by atomic mass is 10.1. The first-order valence-electron chi connectivity index (χ1n) is 9.69. The number of ether oxygens (including phenoxy) is 1. The number of allylic oxidation sites excluding steroid dienone is 1. The van der Waals surface area contributed by atoms with Crippen LogP contribution in [0.15, 0.2) is 54.4 Å². The number of rotatable bonds is 8. The van der Waals surface area contributed by atoms with Crippen LogP contribution in [0, 0.1) is 5.82 Å². The van der Waals surface area contributed by atoms with E-state index in [0.717, 1.165) is 29.3 Å². The third-order valence-corrected chi connectivity index (χ3v) is 4.39. The van der Waals surface area contributed by atoms with E-state index in [2.05, 4.69) is 9.72 Å². The van der Waals surface area contributed by atoms with Crippen LogP contribution in [0.4, 0.5) is 36.4 Å². The Kier molecular flexibility index (Phi) is 8.30. The maximum Gasteiger partial charge on any atom is 0.573 e. The molecule has 184 valence electrons. The Morgan fingerprint density at radius 2 is 1.79 bits per heavy atom. The van der Waals surface area contributed by atoms with Gasteiger partial charge in [-0.05, 0) is 30.7 Å². The Hall–Kier alpha value is -3.57. The van der Waals surface area contributed by atoms with Crippen LogP contribution in [-0.4, -0.2) is 29.5 Å². The molecule has 0 radical (unpaired) electrons. The van der Waals surface area contributed by atoms with Gasteiger partial charge in [0.15, 0.2) is 0 Å². The lowest BCUT2D eigenvalue weighted by molar-refractivity contribution is -0.274. The molecule has 0 spiro atoms. The average molecular weight is 492 g/mol. The van der Waals surface area contributed by atoms with E-state index in [4.69, 9.17) is 0 Å². The van der Waals surface area contributed by atoms with Crippen LogP contribution < -0.4 is 9.64 Å². The van der Waals surface area contributed by atoms with E-state index in [1.165, 1.54) is 13.1 Å². The van der Waals surface area contributed by atoms with Gasteiger partial charge in [0.05, 0.1) is 23.0 Å². The topological polar surface area (TPSA) is 62.7 Å². The highest BCUT2D eigenvalue weighted by Crippen LogP contribution is 2.34. The van der Waals surface area contributed by atoms with E-state index in [-0.39, 0.29) is 22.5 Å². The van der Waals surface area contributed by atoms with E-state index in [1.54, 1.807) is 6.92 Å². The number of carboxylic acids is 1. The molecule has 0 atom stereocenters. The third-order valence-electron chi connectivity index (χ3n) is 4.39. The van der Waals surface area contributed by atoms with E-state index >= 15 is 0 Å². The molecule has 0 unspecified atom stereocenters. The fraction of sp³-hybridized carbons (Fsp3) is 0.273. The molecule has 1 heterocycles. The van der Waals surface area contributed by atoms with Gasteiger partial charge >= 0.3 is 18.5 Å². The Labute approximate surface area is 189 Å². The number of benzene rings is 1. The van der Waals surface area contributed by atoms with Crippen LogP contribution in [0.1, 0.15) is 30.9 Å². The third kappa shape index (κ3) is 7.49. The molecular formula is C22H19F7N2O3. The van der Waals surface area contributed by atoms with E-state index in [1.807, 2.05) is 0 Å². The number of aliphatic carboxylic acids is 1. The Morgan fingerprint density at radius 1 is 1.12 bits per heavy atom. The minimum atomic E-state index is -5.14. The van der Waals surface area contributed by atoms with Crippen molar-refractivity contribution in [3.8, 4) is 5.75 Å². The number of hydrogen-bond donors (Lipinski definition) is 1. The summed E-state index contributed by atoms with van der Waals surface area (Å²) in [5.74, 6) is -3.48. The number of anilines is 1. The molecule has 0 saturated heterocycles. The van der Waals surface area contributed by atoms with Gasteiger partial charge in [0.1, 0.15) is 11.6 Å². The van der Waals surface area contributed by atoms with Crippen molar-refractivity contribution < 1.29 is 45.4 Å². The van der Waals surface area contributed by atoms with Gasteiger partial charge in [-0.3, -0.25) is 4.98 Å². The second-order valence-corrected chi connectivity index (χ2v) is 6.99. The molecule has 0 aliphatic rings. The van der Waals surface area contributed by atoms with Crippen molar-refractivity contribution in [2.75, 3.05) is 11.9 Å². The molecule has 0 fully saturated rings. The Morgan fingerprint density at radius 3 is 2.35 bits per heavy atom. The van der Waals surface area contributed by atoms with Gasteiger partial charge in [0.25, 0.3) is 0 Å². The Bertz CT molecular complexity index is 1090. The summed E-state index contributed by atoms with van der Waals surface area (Å²) in [5.41, 5.74) is -2.08. The highest BCUT2D eigenvalue weighted by Gasteiger charge is 2.33. The second-order valence-electron chi connectivity index (χ2n) is 6.99. The van der Waals surface area contributed by atoms with Gasteiger partial charge < -0.3 is 14.7 Å². The van der Waals surface area contributed by atoms with Crippen molar-refractivity contribution in [1.29, 1.82) is 0 Å². The van der Waals surface area contributed by atoms with Crippen molar-refractivity contribution in [3.05, 3.63) is 71.3 Å². The highest BCUT2D eigenvalue weighted by molar-refractivity contribution is 5.94. The van der Waals surface area contributed by atoms with Crippen LogP contribution in [0.2, 0.25) is 0 Å². The normalized spacial score (nSPS) is 13.1. The molecule has 1 aromatic carbocycles. The fourth-order valence-corrected chi connectivity index (χ4v) is 2.84. The smallest absolute Gasteiger partial charge is 0.478 e. The number of alkyl halides is 6. The molecule has 34 heavy (non-hydrogen) atoms. The van der Waals surface area contributed by atoms with Crippen LogP contribution in [0.5, 0.6) is 5.75 Å². The molecule has 0 aliphatic heterocycles. The summed E-state index contributed by atoms with van der Waals surface area (Å²) in [5, 5.41) is 9.52. The number of pyridine rings is 1. The summed E-state index contributed by atoms with van der Waals surface area (Å²) in [6, 6.07) is 2.76. The molecule has 1 N–H and O–H groups in total. The molecule has 2 rings (SSSR count). The zero-order valence-electron chi connectivity index (χ0n) is 17.8. The molecule has 2 aromatic rings. The van der Waals surface area contributed by atoms with E-state index in [9.17, 15) is 40.6 Å². The number of aromatic nitrogens is 1. The van der Waals surface area contributed by atoms with Gasteiger partial charge in [-0.25, -0.2) is 9.18 Å². The standard InChI is InChI=1S/C22H19F7N2O3/c1-3-4-5-13(20(32)33)8-19(14-6-16(23)10-18(7-14)34-22(27,28)29)31(2)17-9-15(11-30-12-17)21(24,25)26/h5-12H,3-4H2,1-2H3,(H,32,33)/b13-5-,19-8-. The largest absolute Gasteiger partial charge is 0.573 e. The van der Waals surface area contributed by atoms with Crippen molar-refractivity contribution in [2.45, 2.75) is 32.3 Å². The summed E-state index contributed by atoms with van der Waals surface area (Å²) < 4.78 is 95.4. The van der Waals surface area contributed by atoms with Gasteiger partial charge in [-0.2, -0.15) is 13.2 Å². The van der Waals surface area contributed by atoms with E-state index < -0.39 is 35.6 Å².